The van der Waals surface area contributed by atoms with Gasteiger partial charge in [-0.3, -0.25) is 0 Å². The Bertz CT molecular complexity index is 457. The van der Waals surface area contributed by atoms with Gasteiger partial charge in [0, 0.05) is 6.61 Å². The van der Waals surface area contributed by atoms with Gasteiger partial charge in [-0.05, 0) is 24.1 Å². The van der Waals surface area contributed by atoms with Crippen molar-refractivity contribution in [2.24, 2.45) is 0 Å². The van der Waals surface area contributed by atoms with Crippen LogP contribution in [0.5, 0.6) is 0 Å². The first-order valence-corrected chi connectivity index (χ1v) is 5.48. The molecule has 0 saturated heterocycles. The van der Waals surface area contributed by atoms with Crippen molar-refractivity contribution in [3.63, 3.8) is 0 Å². The summed E-state index contributed by atoms with van der Waals surface area (Å²) < 4.78 is 55.6. The molecule has 106 valence electrons. The summed E-state index contributed by atoms with van der Waals surface area (Å²) in [6, 6.07) is 2.02. The average molecular weight is 280 g/mol. The molecule has 0 aromatic heterocycles. The van der Waals surface area contributed by atoms with Gasteiger partial charge in [0.2, 0.25) is 0 Å². The minimum Gasteiger partial charge on any atom is -0.479 e. The fourth-order valence-corrected chi connectivity index (χ4v) is 1.47. The van der Waals surface area contributed by atoms with E-state index in [0.717, 1.165) is 6.07 Å². The largest absolute Gasteiger partial charge is 0.479 e. The standard InChI is InChI=1S/C12H12F4O3/c1-2-5-19-10(11(17)18)7-3-4-9(13)8(6-7)12(14,15)16/h3-4,6,10H,2,5H2,1H3,(H,17,18). The Kier molecular flexibility index (Phi) is 4.88. The Morgan fingerprint density at radius 2 is 2.05 bits per heavy atom. The van der Waals surface area contributed by atoms with E-state index >= 15 is 0 Å². The van der Waals surface area contributed by atoms with Crippen molar-refractivity contribution in [2.45, 2.75) is 25.6 Å². The smallest absolute Gasteiger partial charge is 0.419 e. The molecule has 0 saturated carbocycles. The van der Waals surface area contributed by atoms with Crippen molar-refractivity contribution in [1.29, 1.82) is 0 Å². The summed E-state index contributed by atoms with van der Waals surface area (Å²) in [6.45, 7) is 1.81. The highest BCUT2D eigenvalue weighted by molar-refractivity contribution is 5.74. The molecule has 0 aliphatic carbocycles. The molecular weight excluding hydrogens is 268 g/mol. The number of carboxylic acids is 1. The second kappa shape index (κ2) is 6.01. The van der Waals surface area contributed by atoms with Crippen LogP contribution in [0.1, 0.15) is 30.6 Å². The average Bonchev–Trinajstić information content (AvgIpc) is 2.29. The summed E-state index contributed by atoms with van der Waals surface area (Å²) in [7, 11) is 0. The van der Waals surface area contributed by atoms with Crippen LogP contribution in [0.2, 0.25) is 0 Å². The van der Waals surface area contributed by atoms with Gasteiger partial charge in [0.25, 0.3) is 0 Å². The summed E-state index contributed by atoms with van der Waals surface area (Å²) in [6.07, 6.45) is -5.91. The fourth-order valence-electron chi connectivity index (χ4n) is 1.47. The number of benzene rings is 1. The molecule has 0 spiro atoms. The molecule has 0 aliphatic rings. The summed E-state index contributed by atoms with van der Waals surface area (Å²) in [5.74, 6) is -2.87. The number of rotatable bonds is 5. The zero-order valence-corrected chi connectivity index (χ0v) is 10.00. The number of hydrogen-bond acceptors (Lipinski definition) is 2. The van der Waals surface area contributed by atoms with Crippen LogP contribution in [0.4, 0.5) is 17.6 Å². The normalized spacial score (nSPS) is 13.3. The number of hydrogen-bond donors (Lipinski definition) is 1. The van der Waals surface area contributed by atoms with E-state index in [9.17, 15) is 22.4 Å². The summed E-state index contributed by atoms with van der Waals surface area (Å²) in [5.41, 5.74) is -1.74. The SMILES string of the molecule is CCCOC(C(=O)O)c1ccc(F)c(C(F)(F)F)c1. The van der Waals surface area contributed by atoms with Gasteiger partial charge in [-0.15, -0.1) is 0 Å². The first kappa shape index (κ1) is 15.4. The molecule has 3 nitrogen and oxygen atoms in total. The van der Waals surface area contributed by atoms with Gasteiger partial charge in [-0.1, -0.05) is 13.0 Å². The number of carboxylic acid groups (broad SMARTS) is 1. The summed E-state index contributed by atoms with van der Waals surface area (Å²) in [5, 5.41) is 8.92. The zero-order chi connectivity index (χ0) is 14.6. The van der Waals surface area contributed by atoms with Crippen molar-refractivity contribution >= 4 is 5.97 Å². The molecule has 7 heteroatoms. The van der Waals surface area contributed by atoms with Crippen molar-refractivity contribution in [3.8, 4) is 0 Å². The van der Waals surface area contributed by atoms with Crippen molar-refractivity contribution in [2.75, 3.05) is 6.61 Å². The number of halogens is 4. The number of ether oxygens (including phenoxy) is 1. The van der Waals surface area contributed by atoms with Crippen LogP contribution in [0.3, 0.4) is 0 Å². The van der Waals surface area contributed by atoms with Crippen LogP contribution >= 0.6 is 0 Å². The molecular formula is C12H12F4O3. The van der Waals surface area contributed by atoms with Gasteiger partial charge >= 0.3 is 12.1 Å². The predicted molar refractivity (Wildman–Crippen MR) is 58.0 cm³/mol. The highest BCUT2D eigenvalue weighted by atomic mass is 19.4. The lowest BCUT2D eigenvalue weighted by atomic mass is 10.0. The summed E-state index contributed by atoms with van der Waals surface area (Å²) >= 11 is 0. The van der Waals surface area contributed by atoms with Gasteiger partial charge < -0.3 is 9.84 Å². The Labute approximate surface area is 106 Å². The van der Waals surface area contributed by atoms with E-state index in [2.05, 4.69) is 0 Å². The monoisotopic (exact) mass is 280 g/mol. The number of carbonyl (C=O) groups is 1. The second-order valence-electron chi connectivity index (χ2n) is 3.83. The van der Waals surface area contributed by atoms with Gasteiger partial charge in [0.15, 0.2) is 6.10 Å². The Hall–Kier alpha value is -1.63. The van der Waals surface area contributed by atoms with Crippen LogP contribution in [0.15, 0.2) is 18.2 Å². The molecule has 1 aromatic rings. The van der Waals surface area contributed by atoms with E-state index < -0.39 is 29.6 Å². The first-order chi connectivity index (χ1) is 8.77. The van der Waals surface area contributed by atoms with Crippen LogP contribution < -0.4 is 0 Å². The molecule has 0 amide bonds. The highest BCUT2D eigenvalue weighted by Crippen LogP contribution is 2.33. The van der Waals surface area contributed by atoms with Crippen molar-refractivity contribution in [1.82, 2.24) is 0 Å². The Balaban J connectivity index is 3.15. The second-order valence-corrected chi connectivity index (χ2v) is 3.83. The van der Waals surface area contributed by atoms with Crippen LogP contribution in [-0.4, -0.2) is 17.7 Å². The molecule has 1 atom stereocenters. The van der Waals surface area contributed by atoms with Gasteiger partial charge in [-0.2, -0.15) is 13.2 Å². The van der Waals surface area contributed by atoms with E-state index in [0.29, 0.717) is 18.6 Å². The van der Waals surface area contributed by atoms with E-state index in [1.807, 2.05) is 0 Å². The van der Waals surface area contributed by atoms with Gasteiger partial charge in [-0.25, -0.2) is 9.18 Å². The third-order valence-electron chi connectivity index (χ3n) is 2.31. The van der Waals surface area contributed by atoms with E-state index in [4.69, 9.17) is 9.84 Å². The van der Waals surface area contributed by atoms with Crippen LogP contribution in [0.25, 0.3) is 0 Å². The molecule has 0 bridgehead atoms. The van der Waals surface area contributed by atoms with E-state index in [1.165, 1.54) is 0 Å². The molecule has 0 heterocycles. The van der Waals surface area contributed by atoms with Crippen LogP contribution in [0, 0.1) is 5.82 Å². The quantitative estimate of drug-likeness (QED) is 0.841. The predicted octanol–water partition coefficient (Wildman–Crippen LogP) is 3.40. The lowest BCUT2D eigenvalue weighted by Gasteiger charge is -2.16. The van der Waals surface area contributed by atoms with E-state index in [-0.39, 0.29) is 12.2 Å². The summed E-state index contributed by atoms with van der Waals surface area (Å²) in [4.78, 5) is 11.0. The van der Waals surface area contributed by atoms with Gasteiger partial charge in [0.1, 0.15) is 5.82 Å². The maximum absolute atomic E-state index is 13.1. The molecule has 0 fully saturated rings. The number of alkyl halides is 3. The minimum atomic E-state index is -4.88. The zero-order valence-electron chi connectivity index (χ0n) is 10.00. The molecule has 0 aliphatic heterocycles. The molecule has 1 unspecified atom stereocenters. The molecule has 1 aromatic carbocycles. The maximum Gasteiger partial charge on any atom is 0.419 e. The minimum absolute atomic E-state index is 0.0791. The number of aliphatic carboxylic acids is 1. The fraction of sp³-hybridized carbons (Fsp3) is 0.417. The third kappa shape index (κ3) is 3.92. The van der Waals surface area contributed by atoms with Crippen LogP contribution in [-0.2, 0) is 15.7 Å². The van der Waals surface area contributed by atoms with E-state index in [1.54, 1.807) is 6.92 Å². The highest BCUT2D eigenvalue weighted by Gasteiger charge is 2.35. The Morgan fingerprint density at radius 3 is 2.53 bits per heavy atom. The van der Waals surface area contributed by atoms with Crippen molar-refractivity contribution in [3.05, 3.63) is 35.1 Å². The first-order valence-electron chi connectivity index (χ1n) is 5.48. The van der Waals surface area contributed by atoms with Gasteiger partial charge in [0.05, 0.1) is 5.56 Å². The molecule has 1 N–H and O–H groups in total. The topological polar surface area (TPSA) is 46.5 Å². The molecule has 19 heavy (non-hydrogen) atoms. The maximum atomic E-state index is 13.1. The van der Waals surface area contributed by atoms with Crippen molar-refractivity contribution < 1.29 is 32.2 Å². The molecule has 0 radical (unpaired) electrons. The lowest BCUT2D eigenvalue weighted by molar-refractivity contribution is -0.151. The molecule has 1 rings (SSSR count). The lowest BCUT2D eigenvalue weighted by Crippen LogP contribution is -2.17. The third-order valence-corrected chi connectivity index (χ3v) is 2.31. The Morgan fingerprint density at radius 1 is 1.42 bits per heavy atom.